The molecule has 2 aromatic carbocycles. The van der Waals surface area contributed by atoms with Crippen LogP contribution < -0.4 is 10.9 Å². The molecule has 7 heteroatoms. The Hall–Kier alpha value is -3.92. The Labute approximate surface area is 148 Å². The minimum Gasteiger partial charge on any atom is -0.478 e. The lowest BCUT2D eigenvalue weighted by atomic mass is 10.1. The van der Waals surface area contributed by atoms with Crippen LogP contribution in [0.4, 0.5) is 5.95 Å². The van der Waals surface area contributed by atoms with Crippen molar-refractivity contribution in [2.75, 3.05) is 5.32 Å². The summed E-state index contributed by atoms with van der Waals surface area (Å²) < 4.78 is 0. The van der Waals surface area contributed by atoms with E-state index >= 15 is 0 Å². The van der Waals surface area contributed by atoms with Gasteiger partial charge in [0.15, 0.2) is 0 Å². The molecule has 3 aromatic rings. The molecular formula is C19H14N4O3. The van der Waals surface area contributed by atoms with Gasteiger partial charge in [0.1, 0.15) is 11.6 Å². The summed E-state index contributed by atoms with van der Waals surface area (Å²) in [7, 11) is 0. The molecule has 0 amide bonds. The van der Waals surface area contributed by atoms with Crippen LogP contribution in [0, 0.1) is 11.3 Å². The molecule has 0 fully saturated rings. The first-order chi connectivity index (χ1) is 12.6. The Bertz CT molecular complexity index is 1050. The molecule has 3 rings (SSSR count). The molecule has 0 radical (unpaired) electrons. The van der Waals surface area contributed by atoms with Crippen molar-refractivity contribution >= 4 is 11.9 Å². The van der Waals surface area contributed by atoms with Gasteiger partial charge < -0.3 is 10.4 Å². The second-order valence-electron chi connectivity index (χ2n) is 5.48. The van der Waals surface area contributed by atoms with Crippen molar-refractivity contribution in [2.45, 2.75) is 6.54 Å². The third kappa shape index (κ3) is 3.60. The van der Waals surface area contributed by atoms with E-state index in [1.807, 2.05) is 12.1 Å². The van der Waals surface area contributed by atoms with Crippen molar-refractivity contribution in [2.24, 2.45) is 0 Å². The van der Waals surface area contributed by atoms with Crippen LogP contribution in [-0.2, 0) is 6.54 Å². The highest BCUT2D eigenvalue weighted by Gasteiger charge is 2.13. The summed E-state index contributed by atoms with van der Waals surface area (Å²) in [6.07, 6.45) is 0. The van der Waals surface area contributed by atoms with E-state index < -0.39 is 11.5 Å². The highest BCUT2D eigenvalue weighted by atomic mass is 16.4. The van der Waals surface area contributed by atoms with Crippen molar-refractivity contribution in [3.05, 3.63) is 81.6 Å². The second kappa shape index (κ2) is 7.32. The van der Waals surface area contributed by atoms with Gasteiger partial charge in [0.25, 0.3) is 5.56 Å². The van der Waals surface area contributed by atoms with Gasteiger partial charge in [0, 0.05) is 12.1 Å². The molecule has 26 heavy (non-hydrogen) atoms. The predicted molar refractivity (Wildman–Crippen MR) is 95.7 cm³/mol. The summed E-state index contributed by atoms with van der Waals surface area (Å²) in [6, 6.07) is 17.3. The molecule has 1 heterocycles. The summed E-state index contributed by atoms with van der Waals surface area (Å²) >= 11 is 0. The lowest BCUT2D eigenvalue weighted by Crippen LogP contribution is -2.17. The zero-order valence-corrected chi connectivity index (χ0v) is 13.6. The molecule has 0 bridgehead atoms. The number of hydrogen-bond acceptors (Lipinski definition) is 5. The first kappa shape index (κ1) is 16.9. The second-order valence-corrected chi connectivity index (χ2v) is 5.48. The van der Waals surface area contributed by atoms with Crippen LogP contribution in [0.1, 0.15) is 21.5 Å². The highest BCUT2D eigenvalue weighted by molar-refractivity contribution is 5.87. The van der Waals surface area contributed by atoms with Crippen molar-refractivity contribution in [1.82, 2.24) is 9.97 Å². The Balaban J connectivity index is 1.91. The molecule has 0 saturated carbocycles. The Morgan fingerprint density at radius 2 is 1.96 bits per heavy atom. The van der Waals surface area contributed by atoms with Crippen molar-refractivity contribution < 1.29 is 9.90 Å². The number of nitrogens with one attached hydrogen (secondary N) is 2. The number of aromatic amines is 1. The monoisotopic (exact) mass is 346 g/mol. The first-order valence-electron chi connectivity index (χ1n) is 7.74. The number of carboxylic acid groups (broad SMARTS) is 1. The Morgan fingerprint density at radius 3 is 2.65 bits per heavy atom. The van der Waals surface area contributed by atoms with Crippen LogP contribution in [0.15, 0.2) is 59.4 Å². The molecule has 1 aromatic heterocycles. The van der Waals surface area contributed by atoms with Gasteiger partial charge in [-0.2, -0.15) is 5.26 Å². The van der Waals surface area contributed by atoms with E-state index in [9.17, 15) is 14.9 Å². The van der Waals surface area contributed by atoms with Crippen molar-refractivity contribution in [3.8, 4) is 17.3 Å². The van der Waals surface area contributed by atoms with Gasteiger partial charge >= 0.3 is 5.97 Å². The molecular weight excluding hydrogens is 332 g/mol. The number of aromatic carboxylic acids is 1. The van der Waals surface area contributed by atoms with Crippen LogP contribution in [0.5, 0.6) is 0 Å². The van der Waals surface area contributed by atoms with E-state index in [-0.39, 0.29) is 23.6 Å². The van der Waals surface area contributed by atoms with E-state index in [0.717, 1.165) is 5.56 Å². The normalized spacial score (nSPS) is 10.1. The minimum absolute atomic E-state index is 0.0605. The number of carbonyl (C=O) groups is 1. The topological polar surface area (TPSA) is 119 Å². The van der Waals surface area contributed by atoms with Crippen LogP contribution in [0.25, 0.3) is 11.3 Å². The lowest BCUT2D eigenvalue weighted by Gasteiger charge is -2.09. The van der Waals surface area contributed by atoms with Crippen molar-refractivity contribution in [1.29, 1.82) is 5.26 Å². The number of rotatable bonds is 5. The lowest BCUT2D eigenvalue weighted by molar-refractivity contribution is 0.0696. The molecule has 7 nitrogen and oxygen atoms in total. The molecule has 0 unspecified atom stereocenters. The number of carboxylic acids is 1. The van der Waals surface area contributed by atoms with Gasteiger partial charge in [-0.1, -0.05) is 42.5 Å². The average Bonchev–Trinajstić information content (AvgIpc) is 2.67. The molecule has 128 valence electrons. The number of hydrogen-bond donors (Lipinski definition) is 3. The maximum atomic E-state index is 12.2. The van der Waals surface area contributed by atoms with E-state index in [1.54, 1.807) is 36.4 Å². The third-order valence-corrected chi connectivity index (χ3v) is 3.71. The van der Waals surface area contributed by atoms with Gasteiger partial charge in [-0.3, -0.25) is 9.78 Å². The largest absolute Gasteiger partial charge is 0.478 e. The minimum atomic E-state index is -1.01. The Morgan fingerprint density at radius 1 is 1.19 bits per heavy atom. The van der Waals surface area contributed by atoms with Crippen LogP contribution >= 0.6 is 0 Å². The van der Waals surface area contributed by atoms with E-state index in [2.05, 4.69) is 15.3 Å². The number of nitriles is 1. The maximum absolute atomic E-state index is 12.2. The zero-order valence-electron chi connectivity index (χ0n) is 13.6. The number of H-pyrrole nitrogens is 1. The van der Waals surface area contributed by atoms with Crippen LogP contribution in [0.2, 0.25) is 0 Å². The van der Waals surface area contributed by atoms with Gasteiger partial charge in [-0.25, -0.2) is 9.78 Å². The third-order valence-electron chi connectivity index (χ3n) is 3.71. The molecule has 3 N–H and O–H groups in total. The molecule has 0 aliphatic carbocycles. The molecule has 0 atom stereocenters. The average molecular weight is 346 g/mol. The van der Waals surface area contributed by atoms with Crippen LogP contribution in [-0.4, -0.2) is 21.0 Å². The summed E-state index contributed by atoms with van der Waals surface area (Å²) in [5, 5.41) is 21.3. The maximum Gasteiger partial charge on any atom is 0.335 e. The number of anilines is 1. The number of benzene rings is 2. The number of nitrogens with zero attached hydrogens (tertiary/aromatic N) is 2. The SMILES string of the molecule is N#Cc1c(-c2ccccc2)nc(NCc2cccc(C(=O)O)c2)[nH]c1=O. The Kier molecular flexibility index (Phi) is 4.76. The summed E-state index contributed by atoms with van der Waals surface area (Å²) in [5.74, 6) is -0.809. The fraction of sp³-hybridized carbons (Fsp3) is 0.0526. The van der Waals surface area contributed by atoms with Gasteiger partial charge in [-0.05, 0) is 17.7 Å². The summed E-state index contributed by atoms with van der Waals surface area (Å²) in [4.78, 5) is 30.1. The molecule has 0 aliphatic heterocycles. The van der Waals surface area contributed by atoms with Gasteiger partial charge in [0.05, 0.1) is 11.3 Å². The van der Waals surface area contributed by atoms with E-state index in [4.69, 9.17) is 5.11 Å². The van der Waals surface area contributed by atoms with E-state index in [0.29, 0.717) is 11.3 Å². The quantitative estimate of drug-likeness (QED) is 0.653. The van der Waals surface area contributed by atoms with Gasteiger partial charge in [-0.15, -0.1) is 0 Å². The summed E-state index contributed by atoms with van der Waals surface area (Å²) in [5.41, 5.74) is 1.25. The predicted octanol–water partition coefficient (Wildman–Crippen LogP) is 2.62. The zero-order chi connectivity index (χ0) is 18.5. The molecule has 0 aliphatic rings. The van der Waals surface area contributed by atoms with Crippen molar-refractivity contribution in [3.63, 3.8) is 0 Å². The highest BCUT2D eigenvalue weighted by Crippen LogP contribution is 2.19. The fourth-order valence-corrected chi connectivity index (χ4v) is 2.47. The fourth-order valence-electron chi connectivity index (χ4n) is 2.47. The van der Waals surface area contributed by atoms with Gasteiger partial charge in [0.2, 0.25) is 5.95 Å². The molecule has 0 saturated heterocycles. The van der Waals surface area contributed by atoms with Crippen LogP contribution in [0.3, 0.4) is 0 Å². The van der Waals surface area contributed by atoms with E-state index in [1.165, 1.54) is 12.1 Å². The molecule has 0 spiro atoms. The summed E-state index contributed by atoms with van der Waals surface area (Å²) in [6.45, 7) is 0.268. The number of aromatic nitrogens is 2. The first-order valence-corrected chi connectivity index (χ1v) is 7.74. The standard InChI is InChI=1S/C19H14N4O3/c20-10-15-16(13-6-2-1-3-7-13)22-19(23-17(15)24)21-11-12-5-4-8-14(9-12)18(25)26/h1-9H,11H2,(H,25,26)(H2,21,22,23,24). The smallest absolute Gasteiger partial charge is 0.335 e.